The van der Waals surface area contributed by atoms with Gasteiger partial charge >= 0.3 is 0 Å². The molecule has 17 heavy (non-hydrogen) atoms. The van der Waals surface area contributed by atoms with Crippen molar-refractivity contribution in [3.05, 3.63) is 40.7 Å². The second kappa shape index (κ2) is 3.81. The summed E-state index contributed by atoms with van der Waals surface area (Å²) in [7, 11) is 0. The molecular formula is C11H6BrN3O2. The molecule has 0 radical (unpaired) electrons. The summed E-state index contributed by atoms with van der Waals surface area (Å²) in [6, 6.07) is 6.90. The minimum atomic E-state index is 0.485. The number of rotatable bonds is 2. The van der Waals surface area contributed by atoms with E-state index in [1.54, 1.807) is 35.0 Å². The highest BCUT2D eigenvalue weighted by Crippen LogP contribution is 2.22. The lowest BCUT2D eigenvalue weighted by Gasteiger charge is -1.90. The SMILES string of the molecule is O=Cc1ccn2nc(-c3ccc(Br)o3)nc2c1. The van der Waals surface area contributed by atoms with Crippen molar-refractivity contribution in [2.24, 2.45) is 0 Å². The fourth-order valence-electron chi connectivity index (χ4n) is 1.51. The van der Waals surface area contributed by atoms with Gasteiger partial charge in [0.2, 0.25) is 5.82 Å². The summed E-state index contributed by atoms with van der Waals surface area (Å²) < 4.78 is 7.59. The molecule has 0 aliphatic carbocycles. The predicted molar refractivity (Wildman–Crippen MR) is 63.8 cm³/mol. The summed E-state index contributed by atoms with van der Waals surface area (Å²) in [5, 5.41) is 4.25. The predicted octanol–water partition coefficient (Wildman–Crippen LogP) is 2.56. The van der Waals surface area contributed by atoms with Gasteiger partial charge in [-0.15, -0.1) is 5.10 Å². The molecule has 0 aliphatic heterocycles. The van der Waals surface area contributed by atoms with E-state index in [0.29, 0.717) is 27.5 Å². The van der Waals surface area contributed by atoms with E-state index in [2.05, 4.69) is 26.0 Å². The monoisotopic (exact) mass is 291 g/mol. The fourth-order valence-corrected chi connectivity index (χ4v) is 1.82. The van der Waals surface area contributed by atoms with Crippen LogP contribution in [-0.4, -0.2) is 20.9 Å². The van der Waals surface area contributed by atoms with Crippen molar-refractivity contribution in [3.8, 4) is 11.6 Å². The van der Waals surface area contributed by atoms with Crippen LogP contribution in [0.3, 0.4) is 0 Å². The number of aromatic nitrogens is 3. The number of aldehydes is 1. The van der Waals surface area contributed by atoms with E-state index in [1.165, 1.54) is 0 Å². The quantitative estimate of drug-likeness (QED) is 0.681. The maximum absolute atomic E-state index is 10.6. The number of hydrogen-bond acceptors (Lipinski definition) is 4. The van der Waals surface area contributed by atoms with Crippen LogP contribution in [0.4, 0.5) is 0 Å². The number of furan rings is 1. The highest BCUT2D eigenvalue weighted by molar-refractivity contribution is 9.10. The maximum Gasteiger partial charge on any atom is 0.217 e. The number of fused-ring (bicyclic) bond motifs is 1. The van der Waals surface area contributed by atoms with Crippen molar-refractivity contribution in [1.82, 2.24) is 14.6 Å². The first-order chi connectivity index (χ1) is 8.26. The van der Waals surface area contributed by atoms with Crippen LogP contribution in [0, 0.1) is 0 Å². The van der Waals surface area contributed by atoms with Gasteiger partial charge in [0.05, 0.1) is 0 Å². The first-order valence-corrected chi connectivity index (χ1v) is 5.63. The minimum absolute atomic E-state index is 0.485. The van der Waals surface area contributed by atoms with Crippen LogP contribution >= 0.6 is 15.9 Å². The third-order valence-electron chi connectivity index (χ3n) is 2.29. The van der Waals surface area contributed by atoms with Gasteiger partial charge in [-0.3, -0.25) is 4.79 Å². The molecule has 0 saturated carbocycles. The number of hydrogen-bond donors (Lipinski definition) is 0. The first kappa shape index (κ1) is 10.2. The molecule has 0 spiro atoms. The molecule has 0 fully saturated rings. The van der Waals surface area contributed by atoms with E-state index in [9.17, 15) is 4.79 Å². The van der Waals surface area contributed by atoms with Crippen molar-refractivity contribution >= 4 is 27.9 Å². The molecule has 6 heteroatoms. The van der Waals surface area contributed by atoms with E-state index >= 15 is 0 Å². The van der Waals surface area contributed by atoms with Gasteiger partial charge in [-0.05, 0) is 40.2 Å². The number of carbonyl (C=O) groups is 1. The van der Waals surface area contributed by atoms with Crippen LogP contribution in [0.5, 0.6) is 0 Å². The zero-order chi connectivity index (χ0) is 11.8. The van der Waals surface area contributed by atoms with Crippen LogP contribution in [-0.2, 0) is 0 Å². The molecular weight excluding hydrogens is 286 g/mol. The van der Waals surface area contributed by atoms with E-state index in [1.807, 2.05) is 0 Å². The molecule has 0 bridgehead atoms. The second-order valence-corrected chi connectivity index (χ2v) is 4.20. The lowest BCUT2D eigenvalue weighted by atomic mass is 10.3. The van der Waals surface area contributed by atoms with Crippen molar-refractivity contribution in [2.45, 2.75) is 0 Å². The summed E-state index contributed by atoms with van der Waals surface area (Å²) in [5.74, 6) is 1.06. The fraction of sp³-hybridized carbons (Fsp3) is 0. The second-order valence-electron chi connectivity index (χ2n) is 3.42. The Morgan fingerprint density at radius 2 is 2.24 bits per heavy atom. The first-order valence-electron chi connectivity index (χ1n) is 4.83. The lowest BCUT2D eigenvalue weighted by molar-refractivity contribution is 0.112. The van der Waals surface area contributed by atoms with Crippen LogP contribution in [0.15, 0.2) is 39.5 Å². The van der Waals surface area contributed by atoms with Crippen LogP contribution in [0.1, 0.15) is 10.4 Å². The van der Waals surface area contributed by atoms with E-state index in [0.717, 1.165) is 6.29 Å². The molecule has 3 aromatic rings. The Morgan fingerprint density at radius 3 is 2.94 bits per heavy atom. The van der Waals surface area contributed by atoms with Crippen molar-refractivity contribution < 1.29 is 9.21 Å². The Hall–Kier alpha value is -1.95. The van der Waals surface area contributed by atoms with E-state index in [4.69, 9.17) is 4.42 Å². The van der Waals surface area contributed by atoms with Gasteiger partial charge in [-0.1, -0.05) is 0 Å². The van der Waals surface area contributed by atoms with Crippen LogP contribution in [0.25, 0.3) is 17.2 Å². The number of halogens is 1. The largest absolute Gasteiger partial charge is 0.446 e. The number of nitrogens with zero attached hydrogens (tertiary/aromatic N) is 3. The Bertz CT molecular complexity index is 702. The molecule has 0 amide bonds. The molecule has 0 aliphatic rings. The number of pyridine rings is 1. The van der Waals surface area contributed by atoms with Crippen molar-refractivity contribution in [2.75, 3.05) is 0 Å². The van der Waals surface area contributed by atoms with Gasteiger partial charge in [0.1, 0.15) is 6.29 Å². The Morgan fingerprint density at radius 1 is 1.35 bits per heavy atom. The van der Waals surface area contributed by atoms with Crippen molar-refractivity contribution in [1.29, 1.82) is 0 Å². The van der Waals surface area contributed by atoms with E-state index in [-0.39, 0.29) is 0 Å². The average molecular weight is 292 g/mol. The molecule has 0 N–H and O–H groups in total. The molecule has 0 atom stereocenters. The van der Waals surface area contributed by atoms with Crippen LogP contribution in [0.2, 0.25) is 0 Å². The average Bonchev–Trinajstić information content (AvgIpc) is 2.93. The smallest absolute Gasteiger partial charge is 0.217 e. The molecule has 5 nitrogen and oxygen atoms in total. The zero-order valence-electron chi connectivity index (χ0n) is 8.50. The third-order valence-corrected chi connectivity index (χ3v) is 2.72. The third kappa shape index (κ3) is 1.76. The highest BCUT2D eigenvalue weighted by Gasteiger charge is 2.10. The Balaban J connectivity index is 2.16. The standard InChI is InChI=1S/C11H6BrN3O2/c12-9-2-1-8(17-9)11-13-10-5-7(6-16)3-4-15(10)14-11/h1-6H. The van der Waals surface area contributed by atoms with Gasteiger partial charge in [0, 0.05) is 11.8 Å². The van der Waals surface area contributed by atoms with Gasteiger partial charge in [0.15, 0.2) is 16.1 Å². The maximum atomic E-state index is 10.6. The molecule has 3 rings (SSSR count). The summed E-state index contributed by atoms with van der Waals surface area (Å²) >= 11 is 3.22. The Labute approximate surface area is 104 Å². The van der Waals surface area contributed by atoms with Crippen LogP contribution < -0.4 is 0 Å². The van der Waals surface area contributed by atoms with Gasteiger partial charge in [-0.25, -0.2) is 9.50 Å². The zero-order valence-corrected chi connectivity index (χ0v) is 10.1. The molecule has 3 heterocycles. The number of carbonyl (C=O) groups excluding carboxylic acids is 1. The van der Waals surface area contributed by atoms with E-state index < -0.39 is 0 Å². The summed E-state index contributed by atoms with van der Waals surface area (Å²) in [4.78, 5) is 14.9. The molecule has 3 aromatic heterocycles. The molecule has 0 aromatic carbocycles. The topological polar surface area (TPSA) is 60.4 Å². The normalized spacial score (nSPS) is 10.9. The van der Waals surface area contributed by atoms with Crippen molar-refractivity contribution in [3.63, 3.8) is 0 Å². The highest BCUT2D eigenvalue weighted by atomic mass is 79.9. The lowest BCUT2D eigenvalue weighted by Crippen LogP contribution is -1.88. The van der Waals surface area contributed by atoms with Gasteiger partial charge in [0.25, 0.3) is 0 Å². The summed E-state index contributed by atoms with van der Waals surface area (Å²) in [6.07, 6.45) is 2.46. The molecule has 0 saturated heterocycles. The summed E-state index contributed by atoms with van der Waals surface area (Å²) in [5.41, 5.74) is 1.18. The summed E-state index contributed by atoms with van der Waals surface area (Å²) in [6.45, 7) is 0. The Kier molecular flexibility index (Phi) is 2.29. The molecule has 84 valence electrons. The van der Waals surface area contributed by atoms with Gasteiger partial charge < -0.3 is 4.42 Å². The molecule has 0 unspecified atom stereocenters. The van der Waals surface area contributed by atoms with Gasteiger partial charge in [-0.2, -0.15) is 0 Å². The minimum Gasteiger partial charge on any atom is -0.446 e.